The second-order valence-electron chi connectivity index (χ2n) is 7.04. The van der Waals surface area contributed by atoms with Crippen LogP contribution in [0.4, 0.5) is 0 Å². The zero-order valence-corrected chi connectivity index (χ0v) is 17.3. The van der Waals surface area contributed by atoms with Gasteiger partial charge in [-0.25, -0.2) is 0 Å². The first-order valence-corrected chi connectivity index (χ1v) is 9.46. The predicted octanol–water partition coefficient (Wildman–Crippen LogP) is 4.08. The van der Waals surface area contributed by atoms with Crippen LogP contribution in [0.3, 0.4) is 0 Å². The number of methoxy groups -OCH3 is 1. The van der Waals surface area contributed by atoms with E-state index in [1.54, 1.807) is 11.8 Å². The van der Waals surface area contributed by atoms with Crippen molar-refractivity contribution >= 4 is 11.9 Å². The smallest absolute Gasteiger partial charge is 0.310 e. The molecule has 2 unspecified atom stereocenters. The van der Waals surface area contributed by atoms with E-state index < -0.39 is 5.92 Å². The van der Waals surface area contributed by atoms with Crippen LogP contribution >= 0.6 is 0 Å². The average Bonchev–Trinajstić information content (AvgIpc) is 2.72. The van der Waals surface area contributed by atoms with Crippen molar-refractivity contribution in [3.05, 3.63) is 65.2 Å². The molecule has 1 amide bonds. The lowest BCUT2D eigenvalue weighted by molar-refractivity contribution is -0.147. The van der Waals surface area contributed by atoms with Gasteiger partial charge in [-0.3, -0.25) is 9.59 Å². The first-order valence-electron chi connectivity index (χ1n) is 9.46. The van der Waals surface area contributed by atoms with E-state index in [2.05, 4.69) is 0 Å². The second-order valence-corrected chi connectivity index (χ2v) is 7.04. The molecule has 28 heavy (non-hydrogen) atoms. The van der Waals surface area contributed by atoms with Crippen LogP contribution < -0.4 is 4.74 Å². The summed E-state index contributed by atoms with van der Waals surface area (Å²) in [7, 11) is 1.36. The van der Waals surface area contributed by atoms with Crippen molar-refractivity contribution in [1.29, 1.82) is 0 Å². The maximum absolute atomic E-state index is 13.0. The third-order valence-electron chi connectivity index (χ3n) is 5.05. The van der Waals surface area contributed by atoms with Gasteiger partial charge in [-0.1, -0.05) is 49.4 Å². The fourth-order valence-electron chi connectivity index (χ4n) is 3.06. The number of amides is 1. The molecule has 0 spiro atoms. The number of carbonyl (C=O) groups excluding carboxylic acids is 2. The number of aryl methyl sites for hydroxylation is 1. The van der Waals surface area contributed by atoms with Crippen molar-refractivity contribution in [2.75, 3.05) is 20.3 Å². The quantitative estimate of drug-likeness (QED) is 0.645. The fourth-order valence-corrected chi connectivity index (χ4v) is 3.06. The minimum Gasteiger partial charge on any atom is -0.483 e. The molecule has 0 saturated carbocycles. The van der Waals surface area contributed by atoms with Gasteiger partial charge in [0, 0.05) is 6.54 Å². The molecule has 0 fully saturated rings. The topological polar surface area (TPSA) is 55.8 Å². The van der Waals surface area contributed by atoms with E-state index in [1.807, 2.05) is 69.3 Å². The zero-order chi connectivity index (χ0) is 20.7. The normalized spacial score (nSPS) is 12.8. The van der Waals surface area contributed by atoms with Crippen LogP contribution in [0.5, 0.6) is 5.75 Å². The van der Waals surface area contributed by atoms with Gasteiger partial charge in [0.25, 0.3) is 5.91 Å². The summed E-state index contributed by atoms with van der Waals surface area (Å²) in [6, 6.07) is 15.3. The lowest BCUT2D eigenvalue weighted by atomic mass is 10.0. The van der Waals surface area contributed by atoms with Gasteiger partial charge in [0.2, 0.25) is 0 Å². The van der Waals surface area contributed by atoms with E-state index in [9.17, 15) is 9.59 Å². The lowest BCUT2D eigenvalue weighted by Gasteiger charge is -2.31. The van der Waals surface area contributed by atoms with Crippen LogP contribution in [0.15, 0.2) is 48.5 Å². The molecule has 2 rings (SSSR count). The van der Waals surface area contributed by atoms with Crippen LogP contribution in [0.1, 0.15) is 36.6 Å². The van der Waals surface area contributed by atoms with E-state index in [0.29, 0.717) is 5.75 Å². The van der Waals surface area contributed by atoms with Gasteiger partial charge >= 0.3 is 5.97 Å². The second kappa shape index (κ2) is 9.93. The number of hydrogen-bond donors (Lipinski definition) is 0. The van der Waals surface area contributed by atoms with E-state index in [4.69, 9.17) is 9.47 Å². The summed E-state index contributed by atoms with van der Waals surface area (Å²) in [6.45, 7) is 7.86. The van der Waals surface area contributed by atoms with E-state index in [0.717, 1.165) is 16.7 Å². The molecule has 5 nitrogen and oxygen atoms in total. The van der Waals surface area contributed by atoms with Crippen LogP contribution in [0.2, 0.25) is 0 Å². The molecule has 0 heterocycles. The summed E-state index contributed by atoms with van der Waals surface area (Å²) in [6.07, 6.45) is 0. The Labute approximate surface area is 167 Å². The van der Waals surface area contributed by atoms with E-state index >= 15 is 0 Å². The largest absolute Gasteiger partial charge is 0.483 e. The third-order valence-corrected chi connectivity index (χ3v) is 5.05. The molecule has 0 aliphatic rings. The van der Waals surface area contributed by atoms with Gasteiger partial charge < -0.3 is 14.4 Å². The number of ether oxygens (including phenoxy) is 2. The number of benzene rings is 2. The van der Waals surface area contributed by atoms with E-state index in [1.165, 1.54) is 7.11 Å². The lowest BCUT2D eigenvalue weighted by Crippen LogP contribution is -2.41. The monoisotopic (exact) mass is 383 g/mol. The van der Waals surface area contributed by atoms with Gasteiger partial charge in [0.05, 0.1) is 19.1 Å². The highest BCUT2D eigenvalue weighted by atomic mass is 16.5. The average molecular weight is 383 g/mol. The Kier molecular flexibility index (Phi) is 7.61. The molecule has 0 bridgehead atoms. The molecule has 0 aromatic heterocycles. The van der Waals surface area contributed by atoms with Crippen LogP contribution in [-0.4, -0.2) is 37.0 Å². The molecule has 0 aliphatic carbocycles. The van der Waals surface area contributed by atoms with E-state index in [-0.39, 0.29) is 31.1 Å². The van der Waals surface area contributed by atoms with Crippen LogP contribution in [0, 0.1) is 19.8 Å². The highest BCUT2D eigenvalue weighted by Crippen LogP contribution is 2.24. The number of esters is 1. The van der Waals surface area contributed by atoms with Gasteiger partial charge in [-0.05, 0) is 43.5 Å². The van der Waals surface area contributed by atoms with Gasteiger partial charge in [-0.2, -0.15) is 0 Å². The number of hydrogen-bond acceptors (Lipinski definition) is 4. The maximum atomic E-state index is 13.0. The van der Waals surface area contributed by atoms with Crippen molar-refractivity contribution in [2.24, 2.45) is 5.92 Å². The molecule has 150 valence electrons. The summed E-state index contributed by atoms with van der Waals surface area (Å²) in [4.78, 5) is 26.6. The Bertz CT molecular complexity index is 804. The van der Waals surface area contributed by atoms with Crippen molar-refractivity contribution < 1.29 is 19.1 Å². The molecule has 2 aromatic rings. The van der Waals surface area contributed by atoms with Crippen molar-refractivity contribution in [3.8, 4) is 5.75 Å². The van der Waals surface area contributed by atoms with Gasteiger partial charge in [-0.15, -0.1) is 0 Å². The maximum Gasteiger partial charge on any atom is 0.310 e. The summed E-state index contributed by atoms with van der Waals surface area (Å²) in [5.41, 5.74) is 3.12. The number of rotatable bonds is 8. The SMILES string of the molecule is COC(=O)C(C)CN(C(=O)COc1cccc(C)c1C)C(C)c1ccccc1. The molecule has 2 atom stereocenters. The van der Waals surface area contributed by atoms with Gasteiger partial charge in [0.15, 0.2) is 6.61 Å². The molecular weight excluding hydrogens is 354 g/mol. The van der Waals surface area contributed by atoms with Crippen molar-refractivity contribution in [2.45, 2.75) is 33.7 Å². The summed E-state index contributed by atoms with van der Waals surface area (Å²) in [5.74, 6) is -0.246. The Morgan fingerprint density at radius 3 is 2.32 bits per heavy atom. The Balaban J connectivity index is 2.18. The van der Waals surface area contributed by atoms with Crippen LogP contribution in [0.25, 0.3) is 0 Å². The first-order chi connectivity index (χ1) is 13.3. The van der Waals surface area contributed by atoms with Crippen molar-refractivity contribution in [1.82, 2.24) is 4.90 Å². The van der Waals surface area contributed by atoms with Crippen LogP contribution in [-0.2, 0) is 14.3 Å². The zero-order valence-electron chi connectivity index (χ0n) is 17.3. The first kappa shape index (κ1) is 21.5. The molecule has 0 N–H and O–H groups in total. The molecule has 0 aliphatic heterocycles. The molecule has 2 aromatic carbocycles. The Morgan fingerprint density at radius 1 is 1.00 bits per heavy atom. The predicted molar refractivity (Wildman–Crippen MR) is 109 cm³/mol. The Morgan fingerprint density at radius 2 is 1.68 bits per heavy atom. The number of carbonyl (C=O) groups is 2. The molecule has 5 heteroatoms. The number of nitrogens with zero attached hydrogens (tertiary/aromatic N) is 1. The fraction of sp³-hybridized carbons (Fsp3) is 0.391. The molecule has 0 radical (unpaired) electrons. The minimum absolute atomic E-state index is 0.0879. The summed E-state index contributed by atoms with van der Waals surface area (Å²) < 4.78 is 10.6. The highest BCUT2D eigenvalue weighted by molar-refractivity contribution is 5.79. The standard InChI is InChI=1S/C23H29NO4/c1-16-10-9-13-21(18(16)3)28-15-22(25)24(14-17(2)23(26)27-5)19(4)20-11-7-6-8-12-20/h6-13,17,19H,14-15H2,1-5H3. The Hall–Kier alpha value is -2.82. The van der Waals surface area contributed by atoms with Crippen molar-refractivity contribution in [3.63, 3.8) is 0 Å². The summed E-state index contributed by atoms with van der Waals surface area (Å²) >= 11 is 0. The third kappa shape index (κ3) is 5.35. The molecular formula is C23H29NO4. The molecule has 0 saturated heterocycles. The van der Waals surface area contributed by atoms with Gasteiger partial charge in [0.1, 0.15) is 5.75 Å². The summed E-state index contributed by atoms with van der Waals surface area (Å²) in [5, 5.41) is 0. The minimum atomic E-state index is -0.430. The highest BCUT2D eigenvalue weighted by Gasteiger charge is 2.27.